The van der Waals surface area contributed by atoms with E-state index in [0.717, 1.165) is 37.5 Å². The summed E-state index contributed by atoms with van der Waals surface area (Å²) >= 11 is 0. The van der Waals surface area contributed by atoms with E-state index in [9.17, 15) is 19.8 Å². The Morgan fingerprint density at radius 3 is 0.784 bits per heavy atom. The van der Waals surface area contributed by atoms with Gasteiger partial charge in [-0.2, -0.15) is 0 Å². The van der Waals surface area contributed by atoms with E-state index in [-0.39, 0.29) is 61.7 Å². The van der Waals surface area contributed by atoms with Gasteiger partial charge in [-0.05, 0) is 37.5 Å². The third-order valence-corrected chi connectivity index (χ3v) is 6.82. The number of rotatable bonds is 26. The first kappa shape index (κ1) is 42.0. The number of unbranched alkanes of at least 4 members (excludes halogenated alkanes) is 18. The number of hydrogen-bond donors (Lipinski definition) is 0. The second-order valence-electron chi connectivity index (χ2n) is 11.7. The van der Waals surface area contributed by atoms with Gasteiger partial charge in [0.15, 0.2) is 0 Å². The summed E-state index contributed by atoms with van der Waals surface area (Å²) < 4.78 is 0. The van der Waals surface area contributed by atoms with Gasteiger partial charge in [0.1, 0.15) is 0 Å². The van der Waals surface area contributed by atoms with Gasteiger partial charge in [0.2, 0.25) is 0 Å². The van der Waals surface area contributed by atoms with Gasteiger partial charge in [-0.1, -0.05) is 156 Å². The summed E-state index contributed by atoms with van der Waals surface area (Å²) in [5, 5.41) is 20.4. The van der Waals surface area contributed by atoms with Gasteiger partial charge in [0, 0.05) is 11.9 Å². The second-order valence-corrected chi connectivity index (χ2v) is 11.7. The first-order chi connectivity index (χ1) is 17.3. The van der Waals surface area contributed by atoms with Gasteiger partial charge in [0.25, 0.3) is 0 Å². The Kier molecular flexibility index (Phi) is 39.2. The summed E-state index contributed by atoms with van der Waals surface area (Å²) in [5.74, 6) is -0.107. The Bertz CT molecular complexity index is 424. The molecular weight excluding hydrogens is 586 g/mol. The summed E-state index contributed by atoms with van der Waals surface area (Å²) in [5.41, 5.74) is 0. The van der Waals surface area contributed by atoms with Crippen molar-refractivity contribution in [3.8, 4) is 0 Å². The predicted octanol–water partition coefficient (Wildman–Crippen LogP) is 7.77. The average Bonchev–Trinajstić information content (AvgIpc) is 2.80. The summed E-state index contributed by atoms with van der Waals surface area (Å²) in [6.07, 6.45) is 28.2. The molecule has 0 atom stereocenters. The number of carboxylic acid groups (broad SMARTS) is 2. The Morgan fingerprint density at radius 2 is 0.595 bits per heavy atom. The van der Waals surface area contributed by atoms with Crippen LogP contribution in [0.4, 0.5) is 0 Å². The van der Waals surface area contributed by atoms with Crippen molar-refractivity contribution in [3.63, 3.8) is 0 Å². The average molecular weight is 648 g/mol. The largest absolute Gasteiger partial charge is 2.00 e. The molecule has 0 radical (unpaired) electrons. The third kappa shape index (κ3) is 46.7. The molecule has 0 aromatic heterocycles. The topological polar surface area (TPSA) is 80.3 Å². The number of carbonyl (C=O) groups is 2. The van der Waals surface area contributed by atoms with Crippen LogP contribution in [0.1, 0.15) is 182 Å². The number of hydrogen-bond acceptors (Lipinski definition) is 4. The fourth-order valence-electron chi connectivity index (χ4n) is 4.47. The maximum Gasteiger partial charge on any atom is 2.00 e. The Balaban J connectivity index is -0.000000608. The van der Waals surface area contributed by atoms with E-state index in [0.29, 0.717) is 0 Å². The molecule has 0 heterocycles. The third-order valence-electron chi connectivity index (χ3n) is 6.82. The molecule has 0 aliphatic rings. The zero-order valence-electron chi connectivity index (χ0n) is 25.5. The molecule has 0 bridgehead atoms. The SMILES string of the molecule is CC(C)CCCCCCCCCCCCC(=O)[O-].CC(C)CCCCCCCCCCCCC(=O)[O-].[Ba+2]. The van der Waals surface area contributed by atoms with Crippen molar-refractivity contribution in [1.29, 1.82) is 0 Å². The van der Waals surface area contributed by atoms with Crippen molar-refractivity contribution < 1.29 is 19.8 Å². The Labute approximate surface area is 272 Å². The van der Waals surface area contributed by atoms with Gasteiger partial charge in [-0.25, -0.2) is 0 Å². The second kappa shape index (κ2) is 34.5. The fourth-order valence-corrected chi connectivity index (χ4v) is 4.47. The predicted molar refractivity (Wildman–Crippen MR) is 156 cm³/mol. The van der Waals surface area contributed by atoms with Crippen LogP contribution in [0.15, 0.2) is 0 Å². The van der Waals surface area contributed by atoms with Crippen LogP contribution >= 0.6 is 0 Å². The normalized spacial score (nSPS) is 10.8. The van der Waals surface area contributed by atoms with Crippen molar-refractivity contribution >= 4 is 60.8 Å². The molecular formula is C32H62BaO4. The van der Waals surface area contributed by atoms with Crippen LogP contribution in [-0.4, -0.2) is 60.8 Å². The molecule has 37 heavy (non-hydrogen) atoms. The summed E-state index contributed by atoms with van der Waals surface area (Å²) in [6.45, 7) is 9.17. The van der Waals surface area contributed by atoms with Gasteiger partial charge in [-0.15, -0.1) is 0 Å². The van der Waals surface area contributed by atoms with E-state index in [1.165, 1.54) is 116 Å². The van der Waals surface area contributed by atoms with Crippen LogP contribution < -0.4 is 10.2 Å². The monoisotopic (exact) mass is 648 g/mol. The molecule has 0 saturated heterocycles. The maximum atomic E-state index is 10.2. The molecule has 0 rings (SSSR count). The first-order valence-corrected chi connectivity index (χ1v) is 15.6. The maximum absolute atomic E-state index is 10.2. The van der Waals surface area contributed by atoms with E-state index in [4.69, 9.17) is 0 Å². The molecule has 0 spiro atoms. The zero-order chi connectivity index (χ0) is 27.3. The first-order valence-electron chi connectivity index (χ1n) is 15.6. The molecule has 0 aromatic rings. The molecule has 0 aromatic carbocycles. The van der Waals surface area contributed by atoms with Crippen molar-refractivity contribution in [1.82, 2.24) is 0 Å². The van der Waals surface area contributed by atoms with Crippen LogP contribution in [0.25, 0.3) is 0 Å². The molecule has 216 valence electrons. The van der Waals surface area contributed by atoms with Crippen LogP contribution in [0.5, 0.6) is 0 Å². The minimum absolute atomic E-state index is 0. The molecule has 0 unspecified atom stereocenters. The van der Waals surface area contributed by atoms with Crippen LogP contribution in [-0.2, 0) is 9.59 Å². The molecule has 0 saturated carbocycles. The van der Waals surface area contributed by atoms with Gasteiger partial charge in [0.05, 0.1) is 0 Å². The molecule has 0 aliphatic carbocycles. The van der Waals surface area contributed by atoms with Crippen LogP contribution in [0, 0.1) is 11.8 Å². The minimum atomic E-state index is -0.906. The van der Waals surface area contributed by atoms with Crippen LogP contribution in [0.2, 0.25) is 0 Å². The van der Waals surface area contributed by atoms with E-state index in [2.05, 4.69) is 27.7 Å². The number of carbonyl (C=O) groups excluding carboxylic acids is 2. The zero-order valence-corrected chi connectivity index (χ0v) is 29.9. The molecule has 5 heteroatoms. The summed E-state index contributed by atoms with van der Waals surface area (Å²) in [6, 6.07) is 0. The van der Waals surface area contributed by atoms with Crippen molar-refractivity contribution in [2.24, 2.45) is 11.8 Å². The van der Waals surface area contributed by atoms with Crippen molar-refractivity contribution in [2.45, 2.75) is 182 Å². The van der Waals surface area contributed by atoms with E-state index >= 15 is 0 Å². The van der Waals surface area contributed by atoms with Crippen molar-refractivity contribution in [2.75, 3.05) is 0 Å². The van der Waals surface area contributed by atoms with Gasteiger partial charge < -0.3 is 19.8 Å². The molecule has 0 N–H and O–H groups in total. The number of aliphatic carboxylic acids is 2. The van der Waals surface area contributed by atoms with Crippen molar-refractivity contribution in [3.05, 3.63) is 0 Å². The van der Waals surface area contributed by atoms with E-state index in [1.54, 1.807) is 0 Å². The summed E-state index contributed by atoms with van der Waals surface area (Å²) in [4.78, 5) is 20.4. The van der Waals surface area contributed by atoms with Crippen LogP contribution in [0.3, 0.4) is 0 Å². The quantitative estimate of drug-likeness (QED) is 0.0710. The molecule has 0 aliphatic heterocycles. The summed E-state index contributed by atoms with van der Waals surface area (Å²) in [7, 11) is 0. The van der Waals surface area contributed by atoms with E-state index in [1.807, 2.05) is 0 Å². The Morgan fingerprint density at radius 1 is 0.405 bits per heavy atom. The number of carboxylic acids is 2. The smallest absolute Gasteiger partial charge is 0.550 e. The standard InChI is InChI=1S/2C16H32O2.Ba/c2*1-15(2)13-11-9-7-5-3-4-6-8-10-12-14-16(17)18;/h2*15H,3-14H2,1-2H3,(H,17,18);/q;;+2/p-2. The minimum Gasteiger partial charge on any atom is -0.550 e. The van der Waals surface area contributed by atoms with E-state index < -0.39 is 11.9 Å². The molecule has 4 nitrogen and oxygen atoms in total. The fraction of sp³-hybridized carbons (Fsp3) is 0.938. The molecule has 0 amide bonds. The Hall–Kier alpha value is 0.511. The van der Waals surface area contributed by atoms with Gasteiger partial charge in [-0.3, -0.25) is 0 Å². The van der Waals surface area contributed by atoms with Gasteiger partial charge >= 0.3 is 48.9 Å². The molecule has 0 fully saturated rings.